The molecule has 0 amide bonds. The molecular weight excluding hydrogens is 480 g/mol. The molecule has 0 saturated heterocycles. The number of aryl methyl sites for hydroxylation is 1. The molecule has 0 unspecified atom stereocenters. The molecule has 0 aromatic heterocycles. The van der Waals surface area contributed by atoms with E-state index in [4.69, 9.17) is 0 Å². The molecule has 212 valence electrons. The van der Waals surface area contributed by atoms with E-state index in [0.29, 0.717) is 11.8 Å². The lowest BCUT2D eigenvalue weighted by Gasteiger charge is -2.23. The second-order valence-corrected chi connectivity index (χ2v) is 14.1. The minimum atomic E-state index is 0.172. The molecule has 0 fully saturated rings. The van der Waals surface area contributed by atoms with Crippen molar-refractivity contribution in [3.63, 3.8) is 0 Å². The molecule has 4 aromatic carbocycles. The maximum absolute atomic E-state index is 2.32. The largest absolute Gasteiger partial charge is 0.0590 e. The SMILES string of the molecule is CC(C)c1ccc(C(c2ccc(C(C)C)cc2)c2ccc(C(C)(C)C)cc2)cc1.Cc1ccc(C(C)(C)C)cc1. The van der Waals surface area contributed by atoms with Gasteiger partial charge in [-0.2, -0.15) is 0 Å². The number of rotatable bonds is 5. The fourth-order valence-electron chi connectivity index (χ4n) is 4.95. The summed E-state index contributed by atoms with van der Waals surface area (Å²) >= 11 is 0. The van der Waals surface area contributed by atoms with E-state index in [2.05, 4.69) is 173 Å². The van der Waals surface area contributed by atoms with Crippen LogP contribution < -0.4 is 0 Å². The second-order valence-electron chi connectivity index (χ2n) is 14.1. The van der Waals surface area contributed by atoms with Gasteiger partial charge in [-0.05, 0) is 68.5 Å². The van der Waals surface area contributed by atoms with Crippen molar-refractivity contribution in [2.75, 3.05) is 0 Å². The van der Waals surface area contributed by atoms with E-state index in [-0.39, 0.29) is 16.7 Å². The van der Waals surface area contributed by atoms with Crippen LogP contribution in [0, 0.1) is 6.92 Å². The molecule has 0 heteroatoms. The molecule has 0 radical (unpaired) electrons. The van der Waals surface area contributed by atoms with E-state index < -0.39 is 0 Å². The zero-order chi connectivity index (χ0) is 29.7. The molecule has 0 bridgehead atoms. The van der Waals surface area contributed by atoms with E-state index >= 15 is 0 Å². The first-order chi connectivity index (χ1) is 18.7. The van der Waals surface area contributed by atoms with Crippen LogP contribution >= 0.6 is 0 Å². The molecule has 0 saturated carbocycles. The fourth-order valence-corrected chi connectivity index (χ4v) is 4.95. The van der Waals surface area contributed by atoms with Crippen LogP contribution in [0.25, 0.3) is 0 Å². The standard InChI is InChI=1S/C29H36.C11H16/c1-20(2)22-8-12-24(13-9-22)28(25-14-10-23(11-15-25)21(3)4)26-16-18-27(19-17-26)29(5,6)7;1-9-5-7-10(8-6-9)11(2,3)4/h8-21,28H,1-7H3;5-8H,1-4H3. The van der Waals surface area contributed by atoms with Gasteiger partial charge in [-0.1, -0.05) is 172 Å². The molecule has 40 heavy (non-hydrogen) atoms. The van der Waals surface area contributed by atoms with Crippen LogP contribution in [-0.4, -0.2) is 0 Å². The van der Waals surface area contributed by atoms with Crippen LogP contribution in [-0.2, 0) is 10.8 Å². The number of hydrogen-bond acceptors (Lipinski definition) is 0. The van der Waals surface area contributed by atoms with Crippen molar-refractivity contribution in [2.45, 2.75) is 105 Å². The zero-order valence-electron chi connectivity index (χ0n) is 27.0. The highest BCUT2D eigenvalue weighted by Crippen LogP contribution is 2.35. The van der Waals surface area contributed by atoms with Crippen molar-refractivity contribution in [2.24, 2.45) is 0 Å². The maximum Gasteiger partial charge on any atom is 0.0339 e. The predicted octanol–water partition coefficient (Wildman–Crippen LogP) is 11.7. The molecule has 4 aromatic rings. The van der Waals surface area contributed by atoms with Crippen molar-refractivity contribution < 1.29 is 0 Å². The Bertz CT molecular complexity index is 1250. The van der Waals surface area contributed by atoms with E-state index in [9.17, 15) is 0 Å². The van der Waals surface area contributed by atoms with Crippen LogP contribution in [0.3, 0.4) is 0 Å². The number of hydrogen-bond donors (Lipinski definition) is 0. The highest BCUT2D eigenvalue weighted by Gasteiger charge is 2.19. The first-order valence-corrected chi connectivity index (χ1v) is 15.0. The van der Waals surface area contributed by atoms with Gasteiger partial charge in [-0.3, -0.25) is 0 Å². The minimum Gasteiger partial charge on any atom is -0.0590 e. The van der Waals surface area contributed by atoms with Gasteiger partial charge in [0.25, 0.3) is 0 Å². The van der Waals surface area contributed by atoms with E-state index in [1.807, 2.05) is 0 Å². The van der Waals surface area contributed by atoms with Gasteiger partial charge < -0.3 is 0 Å². The normalized spacial score (nSPS) is 12.1. The Hall–Kier alpha value is -3.12. The number of benzene rings is 4. The Morgan fingerprint density at radius 1 is 0.375 bits per heavy atom. The first-order valence-electron chi connectivity index (χ1n) is 15.0. The third-order valence-corrected chi connectivity index (χ3v) is 7.90. The topological polar surface area (TPSA) is 0 Å². The highest BCUT2D eigenvalue weighted by molar-refractivity contribution is 5.46. The summed E-state index contributed by atoms with van der Waals surface area (Å²) in [7, 11) is 0. The third kappa shape index (κ3) is 8.44. The Morgan fingerprint density at radius 2 is 0.625 bits per heavy atom. The summed E-state index contributed by atoms with van der Waals surface area (Å²) in [6.07, 6.45) is 0. The Morgan fingerprint density at radius 3 is 0.900 bits per heavy atom. The monoisotopic (exact) mass is 532 g/mol. The quantitative estimate of drug-likeness (QED) is 0.224. The van der Waals surface area contributed by atoms with Gasteiger partial charge in [0.2, 0.25) is 0 Å². The summed E-state index contributed by atoms with van der Waals surface area (Å²) in [5.41, 5.74) is 11.4. The maximum atomic E-state index is 2.32. The lowest BCUT2D eigenvalue weighted by molar-refractivity contribution is 0.589. The van der Waals surface area contributed by atoms with Crippen molar-refractivity contribution in [3.05, 3.63) is 142 Å². The van der Waals surface area contributed by atoms with Gasteiger partial charge in [0.05, 0.1) is 0 Å². The van der Waals surface area contributed by atoms with E-state index in [0.717, 1.165) is 0 Å². The molecule has 0 atom stereocenters. The predicted molar refractivity (Wildman–Crippen MR) is 177 cm³/mol. The summed E-state index contributed by atoms with van der Waals surface area (Å²) in [4.78, 5) is 0. The van der Waals surface area contributed by atoms with E-state index in [1.165, 1.54) is 44.5 Å². The molecule has 0 aliphatic rings. The zero-order valence-corrected chi connectivity index (χ0v) is 27.0. The molecule has 0 nitrogen and oxygen atoms in total. The molecule has 4 rings (SSSR count). The third-order valence-electron chi connectivity index (χ3n) is 7.90. The van der Waals surface area contributed by atoms with Gasteiger partial charge in [-0.25, -0.2) is 0 Å². The minimum absolute atomic E-state index is 0.172. The van der Waals surface area contributed by atoms with Crippen molar-refractivity contribution in [1.29, 1.82) is 0 Å². The molecule has 0 N–H and O–H groups in total. The summed E-state index contributed by atoms with van der Waals surface area (Å²) in [5, 5.41) is 0. The molecule has 0 heterocycles. The first kappa shape index (κ1) is 31.4. The van der Waals surface area contributed by atoms with Crippen LogP contribution in [0.4, 0.5) is 0 Å². The molecule has 0 aliphatic heterocycles. The summed E-state index contributed by atoms with van der Waals surface area (Å²) in [5.74, 6) is 1.37. The molecule has 0 aliphatic carbocycles. The summed E-state index contributed by atoms with van der Waals surface area (Å²) < 4.78 is 0. The fraction of sp³-hybridized carbons (Fsp3) is 0.400. The molecular formula is C40H52. The van der Waals surface area contributed by atoms with Crippen molar-refractivity contribution in [1.82, 2.24) is 0 Å². The van der Waals surface area contributed by atoms with Crippen molar-refractivity contribution >= 4 is 0 Å². The van der Waals surface area contributed by atoms with Gasteiger partial charge in [0, 0.05) is 5.92 Å². The lowest BCUT2D eigenvalue weighted by Crippen LogP contribution is -2.11. The van der Waals surface area contributed by atoms with Crippen LogP contribution in [0.15, 0.2) is 97.1 Å². The van der Waals surface area contributed by atoms with Gasteiger partial charge in [0.1, 0.15) is 0 Å². The smallest absolute Gasteiger partial charge is 0.0339 e. The molecule has 0 spiro atoms. The Labute approximate surface area is 245 Å². The summed E-state index contributed by atoms with van der Waals surface area (Å²) in [6, 6.07) is 36.4. The van der Waals surface area contributed by atoms with Crippen LogP contribution in [0.5, 0.6) is 0 Å². The van der Waals surface area contributed by atoms with E-state index in [1.54, 1.807) is 0 Å². The average Bonchev–Trinajstić information content (AvgIpc) is 2.89. The Balaban J connectivity index is 0.000000336. The second kappa shape index (κ2) is 13.0. The average molecular weight is 533 g/mol. The Kier molecular flexibility index (Phi) is 10.2. The van der Waals surface area contributed by atoms with Crippen LogP contribution in [0.2, 0.25) is 0 Å². The van der Waals surface area contributed by atoms with Crippen molar-refractivity contribution in [3.8, 4) is 0 Å². The lowest BCUT2D eigenvalue weighted by atomic mass is 9.81. The van der Waals surface area contributed by atoms with Gasteiger partial charge in [0.15, 0.2) is 0 Å². The highest BCUT2D eigenvalue weighted by atomic mass is 14.2. The van der Waals surface area contributed by atoms with Crippen LogP contribution in [0.1, 0.15) is 131 Å². The summed E-state index contributed by atoms with van der Waals surface area (Å²) in [6.45, 7) is 24.6. The van der Waals surface area contributed by atoms with Gasteiger partial charge in [-0.15, -0.1) is 0 Å². The van der Waals surface area contributed by atoms with Gasteiger partial charge >= 0.3 is 0 Å².